The quantitative estimate of drug-likeness (QED) is 0.786. The summed E-state index contributed by atoms with van der Waals surface area (Å²) in [7, 11) is 0. The molecule has 142 valence electrons. The van der Waals surface area contributed by atoms with E-state index in [-0.39, 0.29) is 5.91 Å². The molecule has 2 saturated heterocycles. The van der Waals surface area contributed by atoms with Gasteiger partial charge < -0.3 is 15.4 Å². The third kappa shape index (κ3) is 5.10. The van der Waals surface area contributed by atoms with E-state index in [0.717, 1.165) is 29.7 Å². The molecule has 0 spiro atoms. The lowest BCUT2D eigenvalue weighted by atomic mass is 9.89. The molecule has 4 nitrogen and oxygen atoms in total. The van der Waals surface area contributed by atoms with Crippen molar-refractivity contribution in [3.8, 4) is 5.75 Å². The summed E-state index contributed by atoms with van der Waals surface area (Å²) in [6, 6.07) is 19.4. The van der Waals surface area contributed by atoms with E-state index in [2.05, 4.69) is 22.8 Å². The number of nitrogens with one attached hydrogen (secondary N) is 2. The first-order chi connectivity index (χ1) is 13.2. The largest absolute Gasteiger partial charge is 0.489 e. The number of hydrogen-bond donors (Lipinski definition) is 2. The van der Waals surface area contributed by atoms with Crippen LogP contribution in [0.25, 0.3) is 0 Å². The summed E-state index contributed by atoms with van der Waals surface area (Å²) < 4.78 is 5.81. The second-order valence-corrected chi connectivity index (χ2v) is 7.87. The van der Waals surface area contributed by atoms with Gasteiger partial charge in [0.1, 0.15) is 12.4 Å². The Balaban J connectivity index is 1.20. The Kier molecular flexibility index (Phi) is 5.73. The molecule has 2 aromatic carbocycles. The average Bonchev–Trinajstić information content (AvgIpc) is 3.04. The molecule has 2 bridgehead atoms. The van der Waals surface area contributed by atoms with Gasteiger partial charge in [0.25, 0.3) is 0 Å². The Hall–Kier alpha value is -2.33. The Morgan fingerprint density at radius 1 is 0.963 bits per heavy atom. The van der Waals surface area contributed by atoms with Crippen molar-refractivity contribution >= 4 is 5.91 Å². The summed E-state index contributed by atoms with van der Waals surface area (Å²) >= 11 is 0. The van der Waals surface area contributed by atoms with Gasteiger partial charge in [-0.05, 0) is 54.9 Å². The van der Waals surface area contributed by atoms with Crippen LogP contribution in [0, 0.1) is 5.92 Å². The molecule has 1 amide bonds. The summed E-state index contributed by atoms with van der Waals surface area (Å²) in [6.45, 7) is 1.14. The number of hydrogen-bond acceptors (Lipinski definition) is 3. The third-order valence-electron chi connectivity index (χ3n) is 5.71. The molecule has 27 heavy (non-hydrogen) atoms. The maximum Gasteiger partial charge on any atom is 0.220 e. The summed E-state index contributed by atoms with van der Waals surface area (Å²) in [5, 5.41) is 6.71. The van der Waals surface area contributed by atoms with Crippen LogP contribution in [0.4, 0.5) is 0 Å². The highest BCUT2D eigenvalue weighted by molar-refractivity contribution is 5.76. The first kappa shape index (κ1) is 18.1. The second kappa shape index (κ2) is 8.57. The first-order valence-electron chi connectivity index (χ1n) is 10.0. The molecule has 4 heteroatoms. The zero-order valence-electron chi connectivity index (χ0n) is 15.7. The molecule has 2 N–H and O–H groups in total. The van der Waals surface area contributed by atoms with Crippen LogP contribution in [0.1, 0.15) is 43.2 Å². The van der Waals surface area contributed by atoms with Crippen LogP contribution in [0.2, 0.25) is 0 Å². The molecule has 2 fully saturated rings. The van der Waals surface area contributed by atoms with Crippen LogP contribution >= 0.6 is 0 Å². The van der Waals surface area contributed by atoms with Crippen molar-refractivity contribution in [2.45, 2.75) is 57.3 Å². The predicted molar refractivity (Wildman–Crippen MR) is 106 cm³/mol. The lowest BCUT2D eigenvalue weighted by Gasteiger charge is -2.28. The minimum Gasteiger partial charge on any atom is -0.489 e. The van der Waals surface area contributed by atoms with E-state index in [1.165, 1.54) is 12.8 Å². The molecule has 2 heterocycles. The highest BCUT2D eigenvalue weighted by atomic mass is 16.5. The number of fused-ring (bicyclic) bond motifs is 2. The van der Waals surface area contributed by atoms with Gasteiger partial charge in [0, 0.05) is 25.0 Å². The Morgan fingerprint density at radius 3 is 2.37 bits per heavy atom. The lowest BCUT2D eigenvalue weighted by Crippen LogP contribution is -2.39. The molecular weight excluding hydrogens is 336 g/mol. The highest BCUT2D eigenvalue weighted by Gasteiger charge is 2.34. The van der Waals surface area contributed by atoms with Gasteiger partial charge in [0.05, 0.1) is 0 Å². The van der Waals surface area contributed by atoms with Crippen LogP contribution in [0.5, 0.6) is 5.75 Å². The van der Waals surface area contributed by atoms with E-state index in [4.69, 9.17) is 4.74 Å². The van der Waals surface area contributed by atoms with Crippen molar-refractivity contribution in [3.63, 3.8) is 0 Å². The van der Waals surface area contributed by atoms with Gasteiger partial charge in [-0.15, -0.1) is 0 Å². The molecule has 0 aliphatic carbocycles. The molecule has 2 aliphatic heterocycles. The number of rotatable bonds is 7. The van der Waals surface area contributed by atoms with E-state index in [0.29, 0.717) is 37.6 Å². The molecule has 0 aromatic heterocycles. The van der Waals surface area contributed by atoms with E-state index in [1.54, 1.807) is 0 Å². The molecule has 0 radical (unpaired) electrons. The zero-order chi connectivity index (χ0) is 18.5. The Morgan fingerprint density at radius 2 is 1.67 bits per heavy atom. The summed E-state index contributed by atoms with van der Waals surface area (Å²) in [5.74, 6) is 1.56. The molecule has 2 aliphatic rings. The summed E-state index contributed by atoms with van der Waals surface area (Å²) in [6.07, 6.45) is 5.52. The number of benzene rings is 2. The molecule has 0 saturated carbocycles. The summed E-state index contributed by atoms with van der Waals surface area (Å²) in [5.41, 5.74) is 2.25. The van der Waals surface area contributed by atoms with Crippen molar-refractivity contribution in [3.05, 3.63) is 65.7 Å². The fraction of sp³-hybridized carbons (Fsp3) is 0.435. The van der Waals surface area contributed by atoms with Gasteiger partial charge in [-0.25, -0.2) is 0 Å². The average molecular weight is 364 g/mol. The smallest absolute Gasteiger partial charge is 0.220 e. The Labute approximate surface area is 161 Å². The predicted octanol–water partition coefficient (Wildman–Crippen LogP) is 3.80. The van der Waals surface area contributed by atoms with Gasteiger partial charge in [-0.1, -0.05) is 42.5 Å². The van der Waals surface area contributed by atoms with Crippen LogP contribution < -0.4 is 15.4 Å². The normalized spacial score (nSPS) is 23.8. The fourth-order valence-electron chi connectivity index (χ4n) is 4.32. The van der Waals surface area contributed by atoms with Gasteiger partial charge in [0.2, 0.25) is 5.91 Å². The lowest BCUT2D eigenvalue weighted by molar-refractivity contribution is -0.122. The van der Waals surface area contributed by atoms with Crippen molar-refractivity contribution in [2.75, 3.05) is 0 Å². The van der Waals surface area contributed by atoms with Crippen molar-refractivity contribution in [2.24, 2.45) is 5.92 Å². The number of carbonyl (C=O) groups excluding carboxylic acids is 1. The molecule has 2 aromatic rings. The first-order valence-corrected chi connectivity index (χ1v) is 10.0. The van der Waals surface area contributed by atoms with Gasteiger partial charge in [-0.2, -0.15) is 0 Å². The van der Waals surface area contributed by atoms with Crippen molar-refractivity contribution < 1.29 is 9.53 Å². The van der Waals surface area contributed by atoms with Crippen LogP contribution in [0.15, 0.2) is 54.6 Å². The van der Waals surface area contributed by atoms with Crippen LogP contribution in [-0.4, -0.2) is 18.0 Å². The van der Waals surface area contributed by atoms with Crippen LogP contribution in [0.3, 0.4) is 0 Å². The third-order valence-corrected chi connectivity index (χ3v) is 5.71. The van der Waals surface area contributed by atoms with E-state index >= 15 is 0 Å². The molecule has 4 rings (SSSR count). The minimum atomic E-state index is 0.172. The number of amides is 1. The standard InChI is InChI=1S/C23H28N2O2/c26-23(14-19-12-20-8-9-21(13-19)25-20)24-15-17-6-10-22(11-7-17)27-16-18-4-2-1-3-5-18/h1-7,10-11,19-21,25H,8-9,12-16H2,(H,24,26). The topological polar surface area (TPSA) is 50.4 Å². The highest BCUT2D eigenvalue weighted by Crippen LogP contribution is 2.32. The van der Waals surface area contributed by atoms with E-state index in [1.807, 2.05) is 42.5 Å². The van der Waals surface area contributed by atoms with Gasteiger partial charge in [-0.3, -0.25) is 4.79 Å². The number of piperidine rings is 1. The fourth-order valence-corrected chi connectivity index (χ4v) is 4.32. The number of ether oxygens (including phenoxy) is 1. The summed E-state index contributed by atoms with van der Waals surface area (Å²) in [4.78, 5) is 12.3. The van der Waals surface area contributed by atoms with Gasteiger partial charge in [0.15, 0.2) is 0 Å². The van der Waals surface area contributed by atoms with E-state index in [9.17, 15) is 4.79 Å². The number of carbonyl (C=O) groups is 1. The molecular formula is C23H28N2O2. The Bertz CT molecular complexity index is 733. The molecule has 2 atom stereocenters. The van der Waals surface area contributed by atoms with Crippen molar-refractivity contribution in [1.29, 1.82) is 0 Å². The second-order valence-electron chi connectivity index (χ2n) is 7.87. The monoisotopic (exact) mass is 364 g/mol. The maximum absolute atomic E-state index is 12.3. The maximum atomic E-state index is 12.3. The van der Waals surface area contributed by atoms with Crippen molar-refractivity contribution in [1.82, 2.24) is 10.6 Å². The SMILES string of the molecule is O=C(CC1CC2CCC(C1)N2)NCc1ccc(OCc2ccccc2)cc1. The van der Waals surface area contributed by atoms with Gasteiger partial charge >= 0.3 is 0 Å². The van der Waals surface area contributed by atoms with Crippen LogP contribution in [-0.2, 0) is 17.9 Å². The molecule has 2 unspecified atom stereocenters. The van der Waals surface area contributed by atoms with E-state index < -0.39 is 0 Å². The minimum absolute atomic E-state index is 0.172. The zero-order valence-corrected chi connectivity index (χ0v) is 15.7.